The highest BCUT2D eigenvalue weighted by Gasteiger charge is 2.33. The summed E-state index contributed by atoms with van der Waals surface area (Å²) in [6, 6.07) is 2.32. The molecule has 2 aliphatic rings. The van der Waals surface area contributed by atoms with Crippen LogP contribution in [-0.2, 0) is 9.59 Å². The Labute approximate surface area is 126 Å². The minimum Gasteiger partial charge on any atom is -0.340 e. The molecule has 0 unspecified atom stereocenters. The molecule has 2 heterocycles. The Kier molecular flexibility index (Phi) is 5.22. The minimum absolute atomic E-state index is 0.00917. The Morgan fingerprint density at radius 2 is 2.00 bits per heavy atom. The van der Waals surface area contributed by atoms with Gasteiger partial charge in [0.25, 0.3) is 0 Å². The van der Waals surface area contributed by atoms with Crippen LogP contribution in [0.25, 0.3) is 0 Å². The highest BCUT2D eigenvalue weighted by atomic mass is 16.2. The molecule has 0 spiro atoms. The molecule has 0 bridgehead atoms. The third kappa shape index (κ3) is 4.20. The van der Waals surface area contributed by atoms with Crippen molar-refractivity contribution < 1.29 is 9.59 Å². The van der Waals surface area contributed by atoms with Crippen molar-refractivity contribution in [2.45, 2.75) is 51.9 Å². The standard InChI is InChI=1S/C16H25N3O2/c1-16(12-17)8-6-10-19(13-16)15(21)11-18-9-5-3-2-4-7-14(18)20/h2-11,13H2,1H3/t16-/m0/s1. The lowest BCUT2D eigenvalue weighted by Crippen LogP contribution is -2.49. The van der Waals surface area contributed by atoms with Crippen molar-refractivity contribution >= 4 is 11.8 Å². The first-order valence-corrected chi connectivity index (χ1v) is 8.01. The summed E-state index contributed by atoms with van der Waals surface area (Å²) < 4.78 is 0. The molecule has 5 heteroatoms. The number of likely N-dealkylation sites (tertiary alicyclic amines) is 2. The third-order valence-electron chi connectivity index (χ3n) is 4.57. The smallest absolute Gasteiger partial charge is 0.242 e. The number of hydrogen-bond acceptors (Lipinski definition) is 3. The molecule has 0 aliphatic carbocycles. The first-order chi connectivity index (χ1) is 10.0. The third-order valence-corrected chi connectivity index (χ3v) is 4.57. The summed E-state index contributed by atoms with van der Waals surface area (Å²) in [5.74, 6) is 0.0909. The van der Waals surface area contributed by atoms with Gasteiger partial charge in [-0.15, -0.1) is 0 Å². The molecule has 0 radical (unpaired) electrons. The van der Waals surface area contributed by atoms with Crippen molar-refractivity contribution in [2.24, 2.45) is 5.41 Å². The number of piperidine rings is 1. The molecule has 21 heavy (non-hydrogen) atoms. The van der Waals surface area contributed by atoms with E-state index in [4.69, 9.17) is 0 Å². The second-order valence-corrected chi connectivity index (χ2v) is 6.57. The second-order valence-electron chi connectivity index (χ2n) is 6.57. The van der Waals surface area contributed by atoms with Gasteiger partial charge in [0, 0.05) is 26.1 Å². The van der Waals surface area contributed by atoms with Crippen LogP contribution in [0.1, 0.15) is 51.9 Å². The van der Waals surface area contributed by atoms with Crippen molar-refractivity contribution in [3.05, 3.63) is 0 Å². The predicted octanol–water partition coefficient (Wildman–Crippen LogP) is 1.93. The molecule has 2 saturated heterocycles. The summed E-state index contributed by atoms with van der Waals surface area (Å²) in [6.45, 7) is 3.98. The molecule has 0 N–H and O–H groups in total. The van der Waals surface area contributed by atoms with E-state index in [9.17, 15) is 14.9 Å². The maximum absolute atomic E-state index is 12.4. The Bertz CT molecular complexity index is 443. The number of amides is 2. The summed E-state index contributed by atoms with van der Waals surface area (Å²) in [7, 11) is 0. The van der Waals surface area contributed by atoms with Crippen LogP contribution in [0.5, 0.6) is 0 Å². The van der Waals surface area contributed by atoms with Crippen molar-refractivity contribution in [2.75, 3.05) is 26.2 Å². The van der Waals surface area contributed by atoms with E-state index < -0.39 is 5.41 Å². The lowest BCUT2D eigenvalue weighted by Gasteiger charge is -2.37. The van der Waals surface area contributed by atoms with E-state index in [-0.39, 0.29) is 18.4 Å². The van der Waals surface area contributed by atoms with Crippen LogP contribution in [0, 0.1) is 16.7 Å². The van der Waals surface area contributed by atoms with Crippen LogP contribution >= 0.6 is 0 Å². The first kappa shape index (κ1) is 15.8. The molecular weight excluding hydrogens is 266 g/mol. The lowest BCUT2D eigenvalue weighted by atomic mass is 9.83. The Morgan fingerprint density at radius 3 is 2.76 bits per heavy atom. The Hall–Kier alpha value is -1.57. The van der Waals surface area contributed by atoms with Gasteiger partial charge in [-0.25, -0.2) is 0 Å². The van der Waals surface area contributed by atoms with Gasteiger partial charge in [-0.05, 0) is 32.6 Å². The average molecular weight is 291 g/mol. The van der Waals surface area contributed by atoms with Crippen molar-refractivity contribution in [3.8, 4) is 6.07 Å². The number of nitrogens with zero attached hydrogens (tertiary/aromatic N) is 3. The molecule has 2 aliphatic heterocycles. The molecule has 2 fully saturated rings. The molecule has 0 aromatic heterocycles. The van der Waals surface area contributed by atoms with Crippen LogP contribution in [0.4, 0.5) is 0 Å². The van der Waals surface area contributed by atoms with Gasteiger partial charge >= 0.3 is 0 Å². The monoisotopic (exact) mass is 291 g/mol. The predicted molar refractivity (Wildman–Crippen MR) is 79.2 cm³/mol. The van der Waals surface area contributed by atoms with Crippen LogP contribution in [-0.4, -0.2) is 47.8 Å². The molecule has 116 valence electrons. The number of rotatable bonds is 2. The van der Waals surface area contributed by atoms with Crippen molar-refractivity contribution in [1.29, 1.82) is 5.26 Å². The highest BCUT2D eigenvalue weighted by Crippen LogP contribution is 2.28. The van der Waals surface area contributed by atoms with Gasteiger partial charge in [-0.2, -0.15) is 5.26 Å². The molecule has 0 saturated carbocycles. The summed E-state index contributed by atoms with van der Waals surface area (Å²) >= 11 is 0. The van der Waals surface area contributed by atoms with Gasteiger partial charge in [0.2, 0.25) is 11.8 Å². The molecule has 0 aromatic rings. The van der Waals surface area contributed by atoms with Crippen LogP contribution in [0.2, 0.25) is 0 Å². The van der Waals surface area contributed by atoms with E-state index in [0.717, 1.165) is 38.5 Å². The zero-order chi connectivity index (χ0) is 15.3. The van der Waals surface area contributed by atoms with Crippen LogP contribution in [0.15, 0.2) is 0 Å². The Morgan fingerprint density at radius 1 is 1.24 bits per heavy atom. The highest BCUT2D eigenvalue weighted by molar-refractivity contribution is 5.85. The quantitative estimate of drug-likeness (QED) is 0.781. The van der Waals surface area contributed by atoms with E-state index in [0.29, 0.717) is 26.1 Å². The normalized spacial score (nSPS) is 27.7. The maximum Gasteiger partial charge on any atom is 0.242 e. The lowest BCUT2D eigenvalue weighted by molar-refractivity contribution is -0.142. The molecular formula is C16H25N3O2. The van der Waals surface area contributed by atoms with Crippen LogP contribution in [0.3, 0.4) is 0 Å². The SMILES string of the molecule is C[C@@]1(C#N)CCCN(C(=O)CN2CCCCCCC2=O)C1. The van der Waals surface area contributed by atoms with Gasteiger partial charge in [-0.3, -0.25) is 9.59 Å². The number of carbonyl (C=O) groups is 2. The van der Waals surface area contributed by atoms with E-state index >= 15 is 0 Å². The fourth-order valence-electron chi connectivity index (χ4n) is 3.19. The van der Waals surface area contributed by atoms with E-state index in [1.807, 2.05) is 6.92 Å². The Balaban J connectivity index is 1.93. The van der Waals surface area contributed by atoms with Crippen molar-refractivity contribution in [3.63, 3.8) is 0 Å². The maximum atomic E-state index is 12.4. The summed E-state index contributed by atoms with van der Waals surface area (Å²) in [5.41, 5.74) is -0.436. The zero-order valence-corrected chi connectivity index (χ0v) is 12.9. The van der Waals surface area contributed by atoms with Gasteiger partial charge in [0.15, 0.2) is 0 Å². The van der Waals surface area contributed by atoms with Gasteiger partial charge in [-0.1, -0.05) is 12.8 Å². The fourth-order valence-corrected chi connectivity index (χ4v) is 3.19. The molecule has 2 amide bonds. The molecule has 1 atom stereocenters. The average Bonchev–Trinajstić information content (AvgIpc) is 2.47. The summed E-state index contributed by atoms with van der Waals surface area (Å²) in [5, 5.41) is 9.23. The summed E-state index contributed by atoms with van der Waals surface area (Å²) in [6.07, 6.45) is 6.42. The number of hydrogen-bond donors (Lipinski definition) is 0. The summed E-state index contributed by atoms with van der Waals surface area (Å²) in [4.78, 5) is 28.0. The topological polar surface area (TPSA) is 64.4 Å². The molecule has 5 nitrogen and oxygen atoms in total. The zero-order valence-electron chi connectivity index (χ0n) is 12.9. The molecule has 2 rings (SSSR count). The number of nitriles is 1. The molecule has 0 aromatic carbocycles. The van der Waals surface area contributed by atoms with E-state index in [1.165, 1.54) is 0 Å². The minimum atomic E-state index is -0.436. The van der Waals surface area contributed by atoms with E-state index in [2.05, 4.69) is 6.07 Å². The van der Waals surface area contributed by atoms with Crippen LogP contribution < -0.4 is 0 Å². The van der Waals surface area contributed by atoms with Gasteiger partial charge < -0.3 is 9.80 Å². The van der Waals surface area contributed by atoms with E-state index in [1.54, 1.807) is 9.80 Å². The van der Waals surface area contributed by atoms with Gasteiger partial charge in [0.1, 0.15) is 0 Å². The second kappa shape index (κ2) is 6.93. The largest absolute Gasteiger partial charge is 0.340 e. The first-order valence-electron chi connectivity index (χ1n) is 8.01. The van der Waals surface area contributed by atoms with Gasteiger partial charge in [0.05, 0.1) is 18.0 Å². The fraction of sp³-hybridized carbons (Fsp3) is 0.812. The van der Waals surface area contributed by atoms with Crippen molar-refractivity contribution in [1.82, 2.24) is 9.80 Å². The number of carbonyl (C=O) groups excluding carboxylic acids is 2.